The van der Waals surface area contributed by atoms with Crippen LogP contribution in [0.3, 0.4) is 0 Å². The number of pyridine rings is 8. The number of rotatable bonds is 20. The zero-order chi connectivity index (χ0) is 95.0. The minimum absolute atomic E-state index is 0.0276. The van der Waals surface area contributed by atoms with Gasteiger partial charge in [0, 0.05) is 160 Å². The summed E-state index contributed by atoms with van der Waals surface area (Å²) >= 11 is 6.64. The number of carbonyl (C=O) groups excluding carboxylic acids is 1. The molecule has 0 saturated carbocycles. The molecule has 4 aromatic carbocycles. The predicted octanol–water partition coefficient (Wildman–Crippen LogP) is 24.2. The topological polar surface area (TPSA) is 371 Å². The Morgan fingerprint density at radius 1 is 0.333 bits per heavy atom. The molecule has 0 unspecified atom stereocenters. The van der Waals surface area contributed by atoms with E-state index >= 15 is 0 Å². The summed E-state index contributed by atoms with van der Waals surface area (Å²) < 4.78 is 0. The van der Waals surface area contributed by atoms with Crippen LogP contribution in [0.2, 0.25) is 0 Å². The Bertz CT molecular complexity index is 8610. The molecule has 1 amide bonds. The quantitative estimate of drug-likeness (QED) is 0.0342. The van der Waals surface area contributed by atoms with Gasteiger partial charge in [0.05, 0.1) is 80.8 Å². The number of nitrogens with one attached hydrogen (secondary N) is 9. The molecule has 2 fully saturated rings. The fourth-order valence-corrected chi connectivity index (χ4v) is 21.3. The highest BCUT2D eigenvalue weighted by atomic mass is 32.1. The van der Waals surface area contributed by atoms with Gasteiger partial charge < -0.3 is 30.2 Å². The van der Waals surface area contributed by atoms with E-state index in [0.29, 0.717) is 17.9 Å². The van der Waals surface area contributed by atoms with Crippen LogP contribution in [0.25, 0.3) is 223 Å². The Labute approximate surface area is 824 Å². The standard InChI is InChI=1S/C28H25N7OS.C28H25N7S.C27H23N7S.C25H21N7S/c1-28(2,3)10-24(36)31-19-8-18(11-29-12-19)16-4-5-22-20(9-16)26(35-34-22)27-32-23-14-30-13-21(25(23)33-27)17-6-7-37-15-17;1-2-7-35(8-3-1)16-18-10-21(13-29-12-18)19-4-5-24-22(11-19)27(34-33-24)28-31-25-15-30-14-23(26(25)32-28)20-6-9-36-17-20;1-2-7-34(6-1)15-17-9-20(12-28-11-17)18-3-4-23-21(10-18)26(33-32-23)27-30-24-14-29-13-22(25(24)31-27)19-5-8-35-16-19;1-32(2)13-15-7-18(10-26-9-15)16-3-4-21-19(8-16)24(31-30-21)25-28-22-12-27-11-20(23(22)29-25)17-5-6-33-14-17/h4-9,11-15H,10H2,1-3H3,(H,31,36)(H,32,33)(H,34,35);4-6,9-15,17H,1-3,7-8,16H2,(H,31,32)(H,33,34);3-5,8-14,16H,1-2,6-7,15H2,(H,30,31)(H,32,33);3-12,14H,13H2,1-2H3,(H,28,29)(H,30,31). The molecule has 2 aliphatic rings. The van der Waals surface area contributed by atoms with Gasteiger partial charge in [-0.1, -0.05) is 51.5 Å². The Balaban J connectivity index is 0.000000105. The first-order valence-corrected chi connectivity index (χ1v) is 50.5. The second kappa shape index (κ2) is 38.8. The number of H-pyrrole nitrogens is 8. The minimum Gasteiger partial charge on any atom is -0.335 e. The maximum atomic E-state index is 12.4. The molecule has 24 aromatic rings. The molecule has 29 nitrogen and oxygen atoms in total. The number of hydrogen-bond acceptors (Lipinski definition) is 24. The minimum atomic E-state index is -0.0883. The molecule has 0 spiro atoms. The zero-order valence-electron chi connectivity index (χ0n) is 77.6. The number of piperidine rings is 1. The van der Waals surface area contributed by atoms with Gasteiger partial charge in [-0.3, -0.25) is 74.9 Å². The molecule has 22 heterocycles. The van der Waals surface area contributed by atoms with Crippen molar-refractivity contribution in [3.05, 3.63) is 280 Å². The molecular formula is C108H94N28OS4. The molecule has 696 valence electrons. The molecule has 33 heteroatoms. The van der Waals surface area contributed by atoms with Gasteiger partial charge in [0.2, 0.25) is 5.91 Å². The van der Waals surface area contributed by atoms with Gasteiger partial charge in [-0.15, -0.1) is 0 Å². The Kier molecular flexibility index (Phi) is 24.4. The van der Waals surface area contributed by atoms with Crippen LogP contribution in [0.5, 0.6) is 0 Å². The lowest BCUT2D eigenvalue weighted by Gasteiger charge is -2.26. The third-order valence-corrected chi connectivity index (χ3v) is 28.2. The lowest BCUT2D eigenvalue weighted by Crippen LogP contribution is -2.29. The van der Waals surface area contributed by atoms with E-state index in [1.165, 1.54) is 75.0 Å². The SMILES string of the molecule is CC(C)(C)CC(=O)Nc1cncc(-c2ccc3[nH]nc(-c4nc5c(-c6ccsc6)cncc5[nH]4)c3c2)c1.CN(C)Cc1cncc(-c2ccc3[nH]nc(-c4nc5c(-c6ccsc6)cncc5[nH]4)c3c2)c1.c1cc(-c2cncc3[nH]c(-c4n[nH]c5ccc(-c6cncc(CN7CCCC7)c6)cc45)nc23)cs1.c1cc(-c2cncc3[nH]c(-c4n[nH]c5ccc(-c6cncc(CN7CCCCC7)c6)cc45)nc23)cs1. The molecule has 0 atom stereocenters. The monoisotopic (exact) mass is 1930 g/mol. The van der Waals surface area contributed by atoms with Crippen molar-refractivity contribution < 1.29 is 4.79 Å². The molecule has 2 saturated heterocycles. The van der Waals surface area contributed by atoms with Gasteiger partial charge in [0.15, 0.2) is 23.3 Å². The van der Waals surface area contributed by atoms with Crippen molar-refractivity contribution in [3.8, 4) is 135 Å². The number of hydrogen-bond donors (Lipinski definition) is 9. The number of thiophene rings is 4. The smallest absolute Gasteiger partial charge is 0.224 e. The highest BCUT2D eigenvalue weighted by molar-refractivity contribution is 7.09. The summed E-state index contributed by atoms with van der Waals surface area (Å²) in [7, 11) is 4.12. The van der Waals surface area contributed by atoms with E-state index in [4.69, 9.17) is 19.9 Å². The first-order chi connectivity index (χ1) is 69.1. The fraction of sp³-hybridized carbons (Fsp3) is 0.176. The van der Waals surface area contributed by atoms with Crippen molar-refractivity contribution in [1.82, 2.24) is 135 Å². The molecule has 141 heavy (non-hydrogen) atoms. The summed E-state index contributed by atoms with van der Waals surface area (Å²) in [6.07, 6.45) is 36.8. The van der Waals surface area contributed by atoms with Crippen molar-refractivity contribution in [3.63, 3.8) is 0 Å². The second-order valence-electron chi connectivity index (χ2n) is 37.1. The van der Waals surface area contributed by atoms with Gasteiger partial charge in [-0.05, 0) is 273 Å². The van der Waals surface area contributed by atoms with Gasteiger partial charge in [-0.2, -0.15) is 65.7 Å². The van der Waals surface area contributed by atoms with Gasteiger partial charge in [-0.25, -0.2) is 19.9 Å². The number of nitrogens with zero attached hydrogens (tertiary/aromatic N) is 19. The molecule has 2 aliphatic heterocycles. The van der Waals surface area contributed by atoms with Crippen molar-refractivity contribution in [2.75, 3.05) is 45.6 Å². The van der Waals surface area contributed by atoms with Gasteiger partial charge >= 0.3 is 0 Å². The number of likely N-dealkylation sites (tertiary alicyclic amines) is 2. The predicted molar refractivity (Wildman–Crippen MR) is 566 cm³/mol. The molecule has 9 N–H and O–H groups in total. The molecule has 0 radical (unpaired) electrons. The number of benzene rings is 4. The number of carbonyl (C=O) groups is 1. The fourth-order valence-electron chi connectivity index (χ4n) is 18.7. The van der Waals surface area contributed by atoms with E-state index in [9.17, 15) is 4.79 Å². The average molecular weight is 1930 g/mol. The number of aromatic nitrogens is 24. The summed E-state index contributed by atoms with van der Waals surface area (Å²) in [5, 5.41) is 54.6. The third kappa shape index (κ3) is 19.0. The van der Waals surface area contributed by atoms with Crippen LogP contribution in [-0.4, -0.2) is 181 Å². The number of fused-ring (bicyclic) bond motifs is 8. The van der Waals surface area contributed by atoms with E-state index in [2.05, 4.69) is 275 Å². The summed E-state index contributed by atoms with van der Waals surface area (Å²) in [4.78, 5) is 88.5. The maximum absolute atomic E-state index is 12.4. The summed E-state index contributed by atoms with van der Waals surface area (Å²) in [5.41, 5.74) is 35.3. The number of imidazole rings is 4. The summed E-state index contributed by atoms with van der Waals surface area (Å²) in [6, 6.07) is 42.1. The van der Waals surface area contributed by atoms with Crippen molar-refractivity contribution in [2.24, 2.45) is 5.41 Å². The lowest BCUT2D eigenvalue weighted by molar-refractivity contribution is -0.117. The van der Waals surface area contributed by atoms with Crippen molar-refractivity contribution >= 4 is 145 Å². The normalized spacial score (nSPS) is 13.2. The summed E-state index contributed by atoms with van der Waals surface area (Å²) in [6.45, 7) is 13.6. The second-order valence-corrected chi connectivity index (χ2v) is 40.2. The molecule has 26 rings (SSSR count). The van der Waals surface area contributed by atoms with Crippen LogP contribution < -0.4 is 5.32 Å². The third-order valence-electron chi connectivity index (χ3n) is 25.4. The van der Waals surface area contributed by atoms with Crippen LogP contribution in [0.15, 0.2) is 264 Å². The average Bonchev–Trinajstić information content (AvgIpc) is 1.63. The van der Waals surface area contributed by atoms with E-state index in [1.54, 1.807) is 63.9 Å². The largest absolute Gasteiger partial charge is 0.335 e. The first kappa shape index (κ1) is 88.9. The van der Waals surface area contributed by atoms with E-state index in [1.807, 2.05) is 125 Å². The van der Waals surface area contributed by atoms with Crippen LogP contribution >= 0.6 is 45.3 Å². The van der Waals surface area contributed by atoms with E-state index in [0.717, 1.165) is 237 Å². The van der Waals surface area contributed by atoms with Gasteiger partial charge in [0.25, 0.3) is 0 Å². The molecular weight excluding hydrogens is 1830 g/mol. The summed E-state index contributed by atoms with van der Waals surface area (Å²) in [5.74, 6) is 2.82. The Hall–Kier alpha value is -16.0. The van der Waals surface area contributed by atoms with Crippen LogP contribution in [0.1, 0.15) is 76.0 Å². The lowest BCUT2D eigenvalue weighted by atomic mass is 9.92. The number of amides is 1. The zero-order valence-corrected chi connectivity index (χ0v) is 80.9. The molecule has 0 aliphatic carbocycles. The first-order valence-electron chi connectivity index (χ1n) is 46.7. The molecule has 20 aromatic heterocycles. The van der Waals surface area contributed by atoms with Crippen LogP contribution in [-0.2, 0) is 24.4 Å². The van der Waals surface area contributed by atoms with Crippen LogP contribution in [0.4, 0.5) is 5.69 Å². The Morgan fingerprint density at radius 2 is 0.638 bits per heavy atom. The Morgan fingerprint density at radius 3 is 0.957 bits per heavy atom. The van der Waals surface area contributed by atoms with Crippen molar-refractivity contribution in [2.45, 2.75) is 78.9 Å². The van der Waals surface area contributed by atoms with Crippen molar-refractivity contribution in [1.29, 1.82) is 0 Å². The van der Waals surface area contributed by atoms with E-state index < -0.39 is 0 Å². The highest BCUT2D eigenvalue weighted by Gasteiger charge is 2.26. The maximum Gasteiger partial charge on any atom is 0.224 e. The van der Waals surface area contributed by atoms with E-state index in [-0.39, 0.29) is 11.3 Å². The number of aromatic amines is 8. The van der Waals surface area contributed by atoms with Gasteiger partial charge in [0.1, 0.15) is 44.8 Å². The highest BCUT2D eigenvalue weighted by Crippen LogP contribution is 2.42. The molecule has 0 bridgehead atoms. The number of anilines is 1. The van der Waals surface area contributed by atoms with Crippen LogP contribution in [0, 0.1) is 5.41 Å².